The summed E-state index contributed by atoms with van der Waals surface area (Å²) in [6.07, 6.45) is -0.471. The summed E-state index contributed by atoms with van der Waals surface area (Å²) >= 11 is 0. The van der Waals surface area contributed by atoms with Gasteiger partial charge >= 0.3 is 6.18 Å². The Morgan fingerprint density at radius 1 is 1.06 bits per heavy atom. The summed E-state index contributed by atoms with van der Waals surface area (Å²) < 4.78 is 42.2. The number of fused-ring (bicyclic) bond motifs is 3. The maximum Gasteiger partial charge on any atom is 0.416 e. The van der Waals surface area contributed by atoms with Gasteiger partial charge in [0, 0.05) is 31.7 Å². The molecule has 2 aromatic heterocycles. The first-order valence-electron chi connectivity index (χ1n) is 10.8. The van der Waals surface area contributed by atoms with Crippen molar-refractivity contribution in [2.75, 3.05) is 6.54 Å². The van der Waals surface area contributed by atoms with Gasteiger partial charge in [0.05, 0.1) is 35.5 Å². The molecule has 0 radical (unpaired) electrons. The van der Waals surface area contributed by atoms with Gasteiger partial charge in [-0.05, 0) is 35.4 Å². The molecule has 0 N–H and O–H groups in total. The van der Waals surface area contributed by atoms with E-state index in [9.17, 15) is 18.0 Å². The van der Waals surface area contributed by atoms with E-state index in [1.54, 1.807) is 23.2 Å². The molecule has 0 aliphatic carbocycles. The maximum absolute atomic E-state index is 13.5. The van der Waals surface area contributed by atoms with Crippen molar-refractivity contribution in [3.8, 4) is 6.07 Å². The Kier molecular flexibility index (Phi) is 5.46. The Morgan fingerprint density at radius 2 is 1.85 bits per heavy atom. The summed E-state index contributed by atoms with van der Waals surface area (Å²) in [6, 6.07) is 14.4. The van der Waals surface area contributed by atoms with Crippen molar-refractivity contribution in [1.82, 2.24) is 18.9 Å². The first kappa shape index (κ1) is 21.9. The van der Waals surface area contributed by atoms with Gasteiger partial charge in [0.15, 0.2) is 0 Å². The number of imidazole rings is 1. The highest BCUT2D eigenvalue weighted by Crippen LogP contribution is 2.29. The molecular formula is C25H20F3N5O. The smallest absolute Gasteiger partial charge is 0.294 e. The van der Waals surface area contributed by atoms with Crippen LogP contribution in [0.3, 0.4) is 0 Å². The van der Waals surface area contributed by atoms with Crippen molar-refractivity contribution in [2.24, 2.45) is 0 Å². The molecule has 5 rings (SSSR count). The summed E-state index contributed by atoms with van der Waals surface area (Å²) in [5.41, 5.74) is 3.46. The topological polar surface area (TPSA) is 66.3 Å². The third-order valence-electron chi connectivity index (χ3n) is 6.17. The predicted octanol–water partition coefficient (Wildman–Crippen LogP) is 3.99. The fourth-order valence-corrected chi connectivity index (χ4v) is 4.50. The monoisotopic (exact) mass is 463 g/mol. The number of benzene rings is 2. The summed E-state index contributed by atoms with van der Waals surface area (Å²) in [5, 5.41) is 9.15. The highest BCUT2D eigenvalue weighted by Gasteiger charge is 2.30. The van der Waals surface area contributed by atoms with Crippen LogP contribution in [0.4, 0.5) is 13.2 Å². The molecule has 1 aliphatic rings. The quantitative estimate of drug-likeness (QED) is 0.459. The molecule has 0 atom stereocenters. The summed E-state index contributed by atoms with van der Waals surface area (Å²) in [5.74, 6) is 0. The number of aromatic nitrogens is 3. The van der Waals surface area contributed by atoms with E-state index in [2.05, 4.69) is 16.0 Å². The number of hydrogen-bond acceptors (Lipinski definition) is 4. The van der Waals surface area contributed by atoms with Crippen LogP contribution < -0.4 is 5.56 Å². The Morgan fingerprint density at radius 3 is 2.59 bits per heavy atom. The lowest BCUT2D eigenvalue weighted by molar-refractivity contribution is -0.137. The maximum atomic E-state index is 13.5. The van der Waals surface area contributed by atoms with Crippen molar-refractivity contribution in [2.45, 2.75) is 32.2 Å². The number of nitrogens with zero attached hydrogens (tertiary/aromatic N) is 5. The van der Waals surface area contributed by atoms with Crippen molar-refractivity contribution >= 4 is 5.65 Å². The molecule has 6 nitrogen and oxygen atoms in total. The molecular weight excluding hydrogens is 443 g/mol. The van der Waals surface area contributed by atoms with Gasteiger partial charge in [0.2, 0.25) is 0 Å². The molecule has 0 amide bonds. The Hall–Kier alpha value is -3.90. The number of hydrogen-bond donors (Lipinski definition) is 0. The molecule has 9 heteroatoms. The van der Waals surface area contributed by atoms with Crippen molar-refractivity contribution < 1.29 is 13.2 Å². The fourth-order valence-electron chi connectivity index (χ4n) is 4.50. The minimum atomic E-state index is -4.41. The fraction of sp³-hybridized carbons (Fsp3) is 0.240. The summed E-state index contributed by atoms with van der Waals surface area (Å²) in [4.78, 5) is 19.9. The van der Waals surface area contributed by atoms with E-state index in [0.717, 1.165) is 29.9 Å². The largest absolute Gasteiger partial charge is 0.416 e. The third kappa shape index (κ3) is 4.08. The van der Waals surface area contributed by atoms with E-state index in [4.69, 9.17) is 5.26 Å². The molecule has 0 saturated carbocycles. The first-order valence-corrected chi connectivity index (χ1v) is 10.8. The van der Waals surface area contributed by atoms with Crippen LogP contribution in [0, 0.1) is 11.3 Å². The van der Waals surface area contributed by atoms with Gasteiger partial charge in [-0.3, -0.25) is 18.7 Å². The van der Waals surface area contributed by atoms with Crippen LogP contribution in [-0.2, 0) is 32.2 Å². The molecule has 34 heavy (non-hydrogen) atoms. The van der Waals surface area contributed by atoms with Gasteiger partial charge in [0.25, 0.3) is 5.56 Å². The molecule has 0 bridgehead atoms. The van der Waals surface area contributed by atoms with E-state index in [0.29, 0.717) is 41.8 Å². The highest BCUT2D eigenvalue weighted by molar-refractivity contribution is 5.43. The predicted molar refractivity (Wildman–Crippen MR) is 119 cm³/mol. The van der Waals surface area contributed by atoms with Gasteiger partial charge in [0.1, 0.15) is 12.0 Å². The van der Waals surface area contributed by atoms with Crippen molar-refractivity contribution in [3.63, 3.8) is 0 Å². The second-order valence-electron chi connectivity index (χ2n) is 8.41. The Balaban J connectivity index is 1.47. The lowest BCUT2D eigenvalue weighted by Crippen LogP contribution is -2.38. The third-order valence-corrected chi connectivity index (χ3v) is 6.17. The second kappa shape index (κ2) is 8.47. The normalized spacial score (nSPS) is 14.2. The molecule has 0 unspecified atom stereocenters. The molecule has 0 spiro atoms. The van der Waals surface area contributed by atoms with Crippen LogP contribution in [0.25, 0.3) is 5.65 Å². The van der Waals surface area contributed by atoms with Crippen LogP contribution in [0.2, 0.25) is 0 Å². The van der Waals surface area contributed by atoms with Crippen LogP contribution >= 0.6 is 0 Å². The van der Waals surface area contributed by atoms with E-state index in [-0.39, 0.29) is 12.1 Å². The molecule has 1 aliphatic heterocycles. The standard InChI is InChI=1S/C25H20F3N5O/c26-25(27,28)20-6-4-17(5-7-20)14-32-23-12-30-16-33(23)22-8-9-31(15-21(22)24(32)34)13-19-3-1-2-18(10-19)11-29/h1-7,10,12,16H,8-9,13-15H2. The Labute approximate surface area is 193 Å². The minimum Gasteiger partial charge on any atom is -0.294 e. The molecule has 0 saturated heterocycles. The minimum absolute atomic E-state index is 0.143. The van der Waals surface area contributed by atoms with Gasteiger partial charge in [-0.25, -0.2) is 4.98 Å². The molecule has 4 aromatic rings. The second-order valence-corrected chi connectivity index (χ2v) is 8.41. The molecule has 3 heterocycles. The average Bonchev–Trinajstić information content (AvgIpc) is 3.31. The van der Waals surface area contributed by atoms with E-state index >= 15 is 0 Å². The zero-order valence-electron chi connectivity index (χ0n) is 18.1. The summed E-state index contributed by atoms with van der Waals surface area (Å²) in [6.45, 7) is 1.93. The van der Waals surface area contributed by atoms with Gasteiger partial charge in [-0.15, -0.1) is 0 Å². The number of rotatable bonds is 4. The molecule has 0 fully saturated rings. The van der Waals surface area contributed by atoms with Gasteiger partial charge in [-0.1, -0.05) is 24.3 Å². The van der Waals surface area contributed by atoms with E-state index in [1.165, 1.54) is 12.1 Å². The van der Waals surface area contributed by atoms with Crippen molar-refractivity contribution in [3.05, 3.63) is 105 Å². The van der Waals surface area contributed by atoms with E-state index < -0.39 is 11.7 Å². The molecule has 2 aromatic carbocycles. The number of nitriles is 1. The van der Waals surface area contributed by atoms with Crippen molar-refractivity contribution in [1.29, 1.82) is 5.26 Å². The van der Waals surface area contributed by atoms with Gasteiger partial charge in [-0.2, -0.15) is 18.4 Å². The van der Waals surface area contributed by atoms with Crippen LogP contribution in [0.5, 0.6) is 0 Å². The summed E-state index contributed by atoms with van der Waals surface area (Å²) in [7, 11) is 0. The van der Waals surface area contributed by atoms with Crippen LogP contribution in [-0.4, -0.2) is 25.4 Å². The Bertz CT molecular complexity index is 1460. The van der Waals surface area contributed by atoms with Gasteiger partial charge < -0.3 is 0 Å². The zero-order chi connectivity index (χ0) is 23.9. The molecule has 172 valence electrons. The first-order chi connectivity index (χ1) is 16.3. The highest BCUT2D eigenvalue weighted by atomic mass is 19.4. The lowest BCUT2D eigenvalue weighted by atomic mass is 10.0. The lowest BCUT2D eigenvalue weighted by Gasteiger charge is -2.29. The van der Waals surface area contributed by atoms with Crippen LogP contribution in [0.1, 0.15) is 33.5 Å². The van der Waals surface area contributed by atoms with E-state index in [1.807, 2.05) is 22.6 Å². The number of halogens is 3. The zero-order valence-corrected chi connectivity index (χ0v) is 18.1. The van der Waals surface area contributed by atoms with Crippen LogP contribution in [0.15, 0.2) is 65.8 Å². The number of alkyl halides is 3. The average molecular weight is 463 g/mol. The SMILES string of the molecule is N#Cc1cccc(CN2CCc3c(c(=O)n(Cc4ccc(C(F)(F)F)cc4)c4cncn34)C2)c1.